The zero-order chi connectivity index (χ0) is 9.80. The topological polar surface area (TPSA) is 57.4 Å². The lowest BCUT2D eigenvalue weighted by Gasteiger charge is -2.11. The van der Waals surface area contributed by atoms with Crippen LogP contribution in [0, 0.1) is 0 Å². The van der Waals surface area contributed by atoms with E-state index in [1.54, 1.807) is 6.20 Å². The first-order valence-electron chi connectivity index (χ1n) is 4.78. The Morgan fingerprint density at radius 3 is 3.07 bits per heavy atom. The van der Waals surface area contributed by atoms with Gasteiger partial charge in [-0.2, -0.15) is 0 Å². The smallest absolute Gasteiger partial charge is 0.138 e. The summed E-state index contributed by atoms with van der Waals surface area (Å²) in [5.41, 5.74) is 6.32. The summed E-state index contributed by atoms with van der Waals surface area (Å²) >= 11 is 0. The van der Waals surface area contributed by atoms with E-state index in [9.17, 15) is 0 Å². The van der Waals surface area contributed by atoms with Gasteiger partial charge in [-0.05, 0) is 12.1 Å². The molecular weight excluding hydrogens is 180 g/mol. The fourth-order valence-electron chi connectivity index (χ4n) is 1.40. The molecule has 1 aromatic rings. The first kappa shape index (κ1) is 9.43. The molecule has 2 N–H and O–H groups in total. The Kier molecular flexibility index (Phi) is 2.96. The van der Waals surface area contributed by atoms with Gasteiger partial charge in [-0.3, -0.25) is 4.98 Å². The van der Waals surface area contributed by atoms with Crippen LogP contribution in [0.5, 0.6) is 5.75 Å². The Labute approximate surface area is 83.0 Å². The molecule has 0 aliphatic carbocycles. The predicted octanol–water partition coefficient (Wildman–Crippen LogP) is 0.708. The third kappa shape index (κ3) is 2.21. The van der Waals surface area contributed by atoms with Crippen molar-refractivity contribution in [3.63, 3.8) is 0 Å². The lowest BCUT2D eigenvalue weighted by molar-refractivity contribution is 0.141. The molecule has 0 amide bonds. The van der Waals surface area contributed by atoms with E-state index in [-0.39, 0.29) is 6.10 Å². The van der Waals surface area contributed by atoms with Crippen molar-refractivity contribution in [1.29, 1.82) is 0 Å². The lowest BCUT2D eigenvalue weighted by Crippen LogP contribution is -2.15. The van der Waals surface area contributed by atoms with E-state index < -0.39 is 0 Å². The number of hydrogen-bond acceptors (Lipinski definition) is 4. The molecule has 0 radical (unpaired) electrons. The van der Waals surface area contributed by atoms with Crippen LogP contribution in [0.15, 0.2) is 18.3 Å². The molecule has 0 bridgehead atoms. The number of nitrogens with zero attached hydrogens (tertiary/aromatic N) is 1. The molecule has 4 heteroatoms. The van der Waals surface area contributed by atoms with E-state index >= 15 is 0 Å². The SMILES string of the molecule is NCc1ccc(OC2CCOC2)cn1. The molecule has 0 saturated carbocycles. The first-order valence-corrected chi connectivity index (χ1v) is 4.78. The van der Waals surface area contributed by atoms with Gasteiger partial charge in [0.15, 0.2) is 0 Å². The van der Waals surface area contributed by atoms with Crippen LogP contribution in [-0.4, -0.2) is 24.3 Å². The van der Waals surface area contributed by atoms with Gasteiger partial charge in [0.05, 0.1) is 25.1 Å². The quantitative estimate of drug-likeness (QED) is 0.769. The maximum absolute atomic E-state index is 5.65. The number of aromatic nitrogens is 1. The molecule has 0 aromatic carbocycles. The summed E-state index contributed by atoms with van der Waals surface area (Å²) < 4.78 is 10.9. The molecule has 4 nitrogen and oxygen atoms in total. The molecule has 1 atom stereocenters. The zero-order valence-corrected chi connectivity index (χ0v) is 7.98. The first-order chi connectivity index (χ1) is 6.88. The van der Waals surface area contributed by atoms with Gasteiger partial charge in [-0.15, -0.1) is 0 Å². The summed E-state index contributed by atoms with van der Waals surface area (Å²) in [6, 6.07) is 3.78. The van der Waals surface area contributed by atoms with Gasteiger partial charge in [-0.25, -0.2) is 0 Å². The van der Waals surface area contributed by atoms with Crippen molar-refractivity contribution in [2.45, 2.75) is 19.1 Å². The van der Waals surface area contributed by atoms with Gasteiger partial charge in [0.2, 0.25) is 0 Å². The van der Waals surface area contributed by atoms with Gasteiger partial charge in [0.1, 0.15) is 11.9 Å². The van der Waals surface area contributed by atoms with Crippen molar-refractivity contribution in [2.24, 2.45) is 5.73 Å². The van der Waals surface area contributed by atoms with Crippen LogP contribution in [0.4, 0.5) is 0 Å². The highest BCUT2D eigenvalue weighted by Gasteiger charge is 2.16. The molecule has 0 spiro atoms. The van der Waals surface area contributed by atoms with Crippen LogP contribution in [0.25, 0.3) is 0 Å². The molecule has 14 heavy (non-hydrogen) atoms. The summed E-state index contributed by atoms with van der Waals surface area (Å²) in [4.78, 5) is 4.15. The molecule has 1 aromatic heterocycles. The number of ether oxygens (including phenoxy) is 2. The second kappa shape index (κ2) is 4.39. The fourth-order valence-corrected chi connectivity index (χ4v) is 1.40. The van der Waals surface area contributed by atoms with Crippen LogP contribution >= 0.6 is 0 Å². The summed E-state index contributed by atoms with van der Waals surface area (Å²) in [5.74, 6) is 0.790. The van der Waals surface area contributed by atoms with Gasteiger partial charge in [0.25, 0.3) is 0 Å². The minimum absolute atomic E-state index is 0.181. The molecule has 1 unspecified atom stereocenters. The monoisotopic (exact) mass is 194 g/mol. The predicted molar refractivity (Wildman–Crippen MR) is 52.0 cm³/mol. The minimum atomic E-state index is 0.181. The van der Waals surface area contributed by atoms with Crippen molar-refractivity contribution in [3.05, 3.63) is 24.0 Å². The van der Waals surface area contributed by atoms with E-state index in [4.69, 9.17) is 15.2 Å². The van der Waals surface area contributed by atoms with Gasteiger partial charge < -0.3 is 15.2 Å². The third-order valence-corrected chi connectivity index (χ3v) is 2.20. The Hall–Kier alpha value is -1.13. The van der Waals surface area contributed by atoms with Crippen LogP contribution in [0.3, 0.4) is 0 Å². The van der Waals surface area contributed by atoms with Crippen molar-refractivity contribution in [3.8, 4) is 5.75 Å². The molecule has 1 aliphatic heterocycles. The molecule has 1 saturated heterocycles. The second-order valence-electron chi connectivity index (χ2n) is 3.29. The highest BCUT2D eigenvalue weighted by atomic mass is 16.5. The number of pyridine rings is 1. The number of nitrogens with two attached hydrogens (primary N) is 1. The average Bonchev–Trinajstić information content (AvgIpc) is 2.72. The fraction of sp³-hybridized carbons (Fsp3) is 0.500. The van der Waals surface area contributed by atoms with Crippen LogP contribution in [0.1, 0.15) is 12.1 Å². The average molecular weight is 194 g/mol. The molecular formula is C10H14N2O2. The van der Waals surface area contributed by atoms with Crippen LogP contribution < -0.4 is 10.5 Å². The maximum atomic E-state index is 5.65. The van der Waals surface area contributed by atoms with Crippen molar-refractivity contribution >= 4 is 0 Å². The highest BCUT2D eigenvalue weighted by Crippen LogP contribution is 2.15. The Morgan fingerprint density at radius 1 is 1.57 bits per heavy atom. The summed E-state index contributed by atoms with van der Waals surface area (Å²) in [6.07, 6.45) is 2.85. The zero-order valence-electron chi connectivity index (χ0n) is 7.98. The third-order valence-electron chi connectivity index (χ3n) is 2.20. The Morgan fingerprint density at radius 2 is 2.50 bits per heavy atom. The van der Waals surface area contributed by atoms with E-state index in [2.05, 4.69) is 4.98 Å². The highest BCUT2D eigenvalue weighted by molar-refractivity contribution is 5.20. The summed E-state index contributed by atoms with van der Waals surface area (Å²) in [6.45, 7) is 1.93. The van der Waals surface area contributed by atoms with Gasteiger partial charge >= 0.3 is 0 Å². The van der Waals surface area contributed by atoms with Crippen molar-refractivity contribution in [2.75, 3.05) is 13.2 Å². The number of hydrogen-bond donors (Lipinski definition) is 1. The summed E-state index contributed by atoms with van der Waals surface area (Å²) in [5, 5.41) is 0. The Balaban J connectivity index is 1.95. The second-order valence-corrected chi connectivity index (χ2v) is 3.29. The standard InChI is InChI=1S/C10H14N2O2/c11-5-8-1-2-9(6-12-8)14-10-3-4-13-7-10/h1-2,6,10H,3-5,7,11H2. The molecule has 2 heterocycles. The molecule has 76 valence electrons. The van der Waals surface area contributed by atoms with E-state index in [0.29, 0.717) is 13.2 Å². The molecule has 2 rings (SSSR count). The summed E-state index contributed by atoms with van der Waals surface area (Å²) in [7, 11) is 0. The van der Waals surface area contributed by atoms with Crippen LogP contribution in [-0.2, 0) is 11.3 Å². The van der Waals surface area contributed by atoms with E-state index in [1.165, 1.54) is 0 Å². The van der Waals surface area contributed by atoms with E-state index in [0.717, 1.165) is 24.5 Å². The molecule has 1 fully saturated rings. The molecule has 1 aliphatic rings. The minimum Gasteiger partial charge on any atom is -0.486 e. The lowest BCUT2D eigenvalue weighted by atomic mass is 10.3. The van der Waals surface area contributed by atoms with Gasteiger partial charge in [-0.1, -0.05) is 0 Å². The van der Waals surface area contributed by atoms with Crippen molar-refractivity contribution < 1.29 is 9.47 Å². The van der Waals surface area contributed by atoms with Crippen LogP contribution in [0.2, 0.25) is 0 Å². The van der Waals surface area contributed by atoms with Crippen molar-refractivity contribution in [1.82, 2.24) is 4.98 Å². The Bertz CT molecular complexity index is 281. The van der Waals surface area contributed by atoms with Gasteiger partial charge in [0, 0.05) is 13.0 Å². The normalized spacial score (nSPS) is 21.1. The van der Waals surface area contributed by atoms with E-state index in [1.807, 2.05) is 12.1 Å². The maximum Gasteiger partial charge on any atom is 0.138 e. The largest absolute Gasteiger partial charge is 0.486 e. The number of rotatable bonds is 3.